The monoisotopic (exact) mass is 476 g/mol. The number of amides is 1. The minimum absolute atomic E-state index is 0.230. The summed E-state index contributed by atoms with van der Waals surface area (Å²) in [6, 6.07) is 11.9. The summed E-state index contributed by atoms with van der Waals surface area (Å²) in [5, 5.41) is 3.12. The molecule has 0 fully saturated rings. The van der Waals surface area contributed by atoms with Gasteiger partial charge in [0.1, 0.15) is 22.8 Å². The number of ether oxygens (including phenoxy) is 3. The van der Waals surface area contributed by atoms with Crippen molar-refractivity contribution in [2.75, 3.05) is 24.7 Å². The van der Waals surface area contributed by atoms with Crippen molar-refractivity contribution in [1.29, 1.82) is 0 Å². The van der Waals surface area contributed by atoms with E-state index in [1.54, 1.807) is 31.4 Å². The number of benzene rings is 2. The first kappa shape index (κ1) is 24.7. The predicted molar refractivity (Wildman–Crippen MR) is 128 cm³/mol. The topological polar surface area (TPSA) is 94.2 Å². The molecule has 1 amide bonds. The number of carbonyl (C=O) groups is 1. The van der Waals surface area contributed by atoms with Crippen molar-refractivity contribution in [3.05, 3.63) is 48.0 Å². The van der Waals surface area contributed by atoms with Crippen molar-refractivity contribution < 1.29 is 27.4 Å². The molecule has 0 bridgehead atoms. The number of methoxy groups -OCH3 is 1. The molecule has 1 aliphatic heterocycles. The van der Waals surface area contributed by atoms with Crippen LogP contribution in [0.15, 0.2) is 42.5 Å². The van der Waals surface area contributed by atoms with Gasteiger partial charge in [-0.2, -0.15) is 0 Å². The fourth-order valence-electron chi connectivity index (χ4n) is 3.77. The highest BCUT2D eigenvalue weighted by atomic mass is 32.2. The van der Waals surface area contributed by atoms with E-state index in [1.165, 1.54) is 11.4 Å². The molecular formula is C24H32N2O6S. The van der Waals surface area contributed by atoms with E-state index >= 15 is 0 Å². The Labute approximate surface area is 195 Å². The molecule has 0 radical (unpaired) electrons. The Morgan fingerprint density at radius 1 is 1.21 bits per heavy atom. The van der Waals surface area contributed by atoms with Crippen molar-refractivity contribution in [2.24, 2.45) is 0 Å². The summed E-state index contributed by atoms with van der Waals surface area (Å²) in [5.41, 5.74) is 0.936. The second-order valence-electron chi connectivity index (χ2n) is 8.77. The van der Waals surface area contributed by atoms with E-state index in [4.69, 9.17) is 14.2 Å². The summed E-state index contributed by atoms with van der Waals surface area (Å²) in [6.45, 7) is 5.85. The Morgan fingerprint density at radius 2 is 1.85 bits per heavy atom. The molecule has 8 nitrogen and oxygen atoms in total. The fraction of sp³-hybridized carbons (Fsp3) is 0.458. The maximum absolute atomic E-state index is 13.1. The van der Waals surface area contributed by atoms with Crippen molar-refractivity contribution in [2.45, 2.75) is 51.4 Å². The molecule has 2 aromatic carbocycles. The molecule has 1 aliphatic rings. The number of anilines is 1. The molecule has 0 unspecified atom stereocenters. The van der Waals surface area contributed by atoms with E-state index in [9.17, 15) is 13.2 Å². The molecule has 2 atom stereocenters. The normalized spacial score (nSPS) is 17.8. The maximum atomic E-state index is 13.1. The summed E-state index contributed by atoms with van der Waals surface area (Å²) in [6.07, 6.45) is 1.50. The van der Waals surface area contributed by atoms with Crippen LogP contribution in [0.25, 0.3) is 0 Å². The summed E-state index contributed by atoms with van der Waals surface area (Å²) >= 11 is 0. The maximum Gasteiger partial charge on any atom is 0.261 e. The largest absolute Gasteiger partial charge is 0.497 e. The van der Waals surface area contributed by atoms with Crippen LogP contribution in [-0.4, -0.2) is 46.4 Å². The molecule has 33 heavy (non-hydrogen) atoms. The third kappa shape index (κ3) is 5.90. The molecule has 0 aromatic heterocycles. The molecule has 2 aromatic rings. The lowest BCUT2D eigenvalue weighted by molar-refractivity contribution is -0.129. The first-order valence-corrected chi connectivity index (χ1v) is 12.7. The molecule has 0 saturated heterocycles. The fourth-order valence-corrected chi connectivity index (χ4v) is 4.27. The standard InChI is InChI=1S/C24H32N2O6S/c1-7-21(31-17-10-8-16(9-11-17)26(4)33(6,28)29)23(27)25-20-15-24(2,3)32-22-13-12-18(30-5)14-19(20)22/h8-14,20-21H,7,15H2,1-6H3,(H,25,27)/t20-,21-/m1/s1. The first-order chi connectivity index (χ1) is 15.4. The van der Waals surface area contributed by atoms with E-state index in [0.717, 1.165) is 17.6 Å². The quantitative estimate of drug-likeness (QED) is 0.625. The van der Waals surface area contributed by atoms with Gasteiger partial charge in [0.2, 0.25) is 10.0 Å². The van der Waals surface area contributed by atoms with Gasteiger partial charge in [0.25, 0.3) is 5.91 Å². The van der Waals surface area contributed by atoms with Gasteiger partial charge >= 0.3 is 0 Å². The SMILES string of the molecule is CC[C@@H](Oc1ccc(N(C)S(C)(=O)=O)cc1)C(=O)N[C@@H]1CC(C)(C)Oc2ccc(OC)cc21. The number of nitrogens with one attached hydrogen (secondary N) is 1. The molecule has 3 rings (SSSR count). The van der Waals surface area contributed by atoms with Crippen LogP contribution in [0.4, 0.5) is 5.69 Å². The number of hydrogen-bond acceptors (Lipinski definition) is 6. The number of rotatable bonds is 8. The van der Waals surface area contributed by atoms with Gasteiger partial charge in [-0.3, -0.25) is 9.10 Å². The van der Waals surface area contributed by atoms with Crippen LogP contribution < -0.4 is 23.8 Å². The van der Waals surface area contributed by atoms with Gasteiger partial charge in [-0.05, 0) is 62.7 Å². The Balaban J connectivity index is 1.75. The van der Waals surface area contributed by atoms with E-state index in [-0.39, 0.29) is 11.9 Å². The van der Waals surface area contributed by atoms with Crippen LogP contribution in [0.1, 0.15) is 45.2 Å². The molecule has 0 spiro atoms. The molecule has 0 saturated carbocycles. The number of nitrogens with zero attached hydrogens (tertiary/aromatic N) is 1. The lowest BCUT2D eigenvalue weighted by Crippen LogP contribution is -2.45. The zero-order valence-electron chi connectivity index (χ0n) is 19.9. The smallest absolute Gasteiger partial charge is 0.261 e. The first-order valence-electron chi connectivity index (χ1n) is 10.8. The minimum Gasteiger partial charge on any atom is -0.497 e. The Kier molecular flexibility index (Phi) is 7.11. The number of sulfonamides is 1. The van der Waals surface area contributed by atoms with E-state index in [1.807, 2.05) is 39.0 Å². The van der Waals surface area contributed by atoms with Crippen LogP contribution in [0, 0.1) is 0 Å². The molecule has 0 aliphatic carbocycles. The number of fused-ring (bicyclic) bond motifs is 1. The third-order valence-corrected chi connectivity index (χ3v) is 6.84. The molecule has 180 valence electrons. The van der Waals surface area contributed by atoms with Crippen LogP contribution in [0.3, 0.4) is 0 Å². The number of carbonyl (C=O) groups excluding carboxylic acids is 1. The molecule has 1 N–H and O–H groups in total. The molecule has 9 heteroatoms. The highest BCUT2D eigenvalue weighted by Gasteiger charge is 2.36. The average Bonchev–Trinajstić information content (AvgIpc) is 2.75. The van der Waals surface area contributed by atoms with Gasteiger partial charge in [0, 0.05) is 19.0 Å². The highest BCUT2D eigenvalue weighted by Crippen LogP contribution is 2.41. The zero-order chi connectivity index (χ0) is 24.4. The van der Waals surface area contributed by atoms with Gasteiger partial charge in [-0.15, -0.1) is 0 Å². The van der Waals surface area contributed by atoms with Crippen LogP contribution >= 0.6 is 0 Å². The van der Waals surface area contributed by atoms with Gasteiger partial charge in [-0.25, -0.2) is 8.42 Å². The van der Waals surface area contributed by atoms with Crippen molar-refractivity contribution in [3.63, 3.8) is 0 Å². The van der Waals surface area contributed by atoms with Gasteiger partial charge in [-0.1, -0.05) is 6.92 Å². The van der Waals surface area contributed by atoms with E-state index < -0.39 is 21.7 Å². The lowest BCUT2D eigenvalue weighted by Gasteiger charge is -2.38. The predicted octanol–water partition coefficient (Wildman–Crippen LogP) is 3.67. The van der Waals surface area contributed by atoms with E-state index in [2.05, 4.69) is 5.32 Å². The van der Waals surface area contributed by atoms with Crippen molar-refractivity contribution in [3.8, 4) is 17.2 Å². The molecule has 1 heterocycles. The lowest BCUT2D eigenvalue weighted by atomic mass is 9.89. The van der Waals surface area contributed by atoms with Gasteiger partial charge in [0.05, 0.1) is 25.1 Å². The second-order valence-corrected chi connectivity index (χ2v) is 10.8. The van der Waals surface area contributed by atoms with Crippen molar-refractivity contribution in [1.82, 2.24) is 5.32 Å². The minimum atomic E-state index is -3.36. The second kappa shape index (κ2) is 9.51. The third-order valence-electron chi connectivity index (χ3n) is 5.63. The summed E-state index contributed by atoms with van der Waals surface area (Å²) in [4.78, 5) is 13.1. The summed E-state index contributed by atoms with van der Waals surface area (Å²) in [7, 11) is -0.274. The van der Waals surface area contributed by atoms with Crippen LogP contribution in [0.2, 0.25) is 0 Å². The van der Waals surface area contributed by atoms with Gasteiger partial charge < -0.3 is 19.5 Å². The van der Waals surface area contributed by atoms with E-state index in [0.29, 0.717) is 30.0 Å². The average molecular weight is 477 g/mol. The number of hydrogen-bond donors (Lipinski definition) is 1. The summed E-state index contributed by atoms with van der Waals surface area (Å²) < 4.78 is 42.0. The van der Waals surface area contributed by atoms with Crippen LogP contribution in [0.5, 0.6) is 17.2 Å². The molecular weight excluding hydrogens is 444 g/mol. The van der Waals surface area contributed by atoms with Gasteiger partial charge in [0.15, 0.2) is 6.10 Å². The Bertz CT molecular complexity index is 1100. The summed E-state index contributed by atoms with van der Waals surface area (Å²) in [5.74, 6) is 1.67. The zero-order valence-corrected chi connectivity index (χ0v) is 20.7. The Hall–Kier alpha value is -2.94. The Morgan fingerprint density at radius 3 is 2.42 bits per heavy atom. The highest BCUT2D eigenvalue weighted by molar-refractivity contribution is 7.92. The van der Waals surface area contributed by atoms with Crippen LogP contribution in [-0.2, 0) is 14.8 Å². The van der Waals surface area contributed by atoms with Crippen molar-refractivity contribution >= 4 is 21.6 Å².